The van der Waals surface area contributed by atoms with Crippen LogP contribution in [0.1, 0.15) is 64.2 Å². The Balaban J connectivity index is 1.58. The lowest BCUT2D eigenvalue weighted by Gasteiger charge is -2.52. The van der Waals surface area contributed by atoms with E-state index in [1.807, 2.05) is 0 Å². The highest BCUT2D eigenvalue weighted by molar-refractivity contribution is 7.79. The summed E-state index contributed by atoms with van der Waals surface area (Å²) < 4.78 is 1.12. The summed E-state index contributed by atoms with van der Waals surface area (Å²) in [6.45, 7) is 0. The van der Waals surface area contributed by atoms with Gasteiger partial charge in [-0.05, 0) is 68.1 Å². The van der Waals surface area contributed by atoms with Gasteiger partial charge in [-0.2, -0.15) is 0 Å². The molecule has 6 atom stereocenters. The first-order chi connectivity index (χ1) is 10.7. The lowest BCUT2D eigenvalue weighted by molar-refractivity contribution is -0.141. The van der Waals surface area contributed by atoms with Crippen LogP contribution in [-0.2, 0) is 9.59 Å². The second-order valence-corrected chi connectivity index (χ2v) is 8.44. The van der Waals surface area contributed by atoms with Crippen molar-refractivity contribution in [3.8, 4) is 0 Å². The molecule has 1 heterocycles. The van der Waals surface area contributed by atoms with Crippen molar-refractivity contribution >= 4 is 24.6 Å². The standard InChI is InChI=1S/C18H27NO2S/c20-17-10-9-15-14-6-5-11-3-1-2-4-12(11)13(14)7-8-16(15)18(21)19(17)22/h11-16,22H,1-10H2. The van der Waals surface area contributed by atoms with Gasteiger partial charge in [-0.15, -0.1) is 0 Å². The van der Waals surface area contributed by atoms with Gasteiger partial charge >= 0.3 is 0 Å². The van der Waals surface area contributed by atoms with Crippen LogP contribution in [0.5, 0.6) is 0 Å². The van der Waals surface area contributed by atoms with Gasteiger partial charge in [0.25, 0.3) is 0 Å². The molecule has 3 aliphatic carbocycles. The Morgan fingerprint density at radius 3 is 2.36 bits per heavy atom. The van der Waals surface area contributed by atoms with Gasteiger partial charge in [-0.3, -0.25) is 9.59 Å². The van der Waals surface area contributed by atoms with Gasteiger partial charge in [0.05, 0.1) is 0 Å². The fourth-order valence-electron chi connectivity index (χ4n) is 6.34. The number of amides is 2. The third kappa shape index (κ3) is 2.33. The molecule has 0 aromatic heterocycles. The summed E-state index contributed by atoms with van der Waals surface area (Å²) in [4.78, 5) is 24.6. The number of imide groups is 1. The van der Waals surface area contributed by atoms with Crippen LogP contribution in [0.3, 0.4) is 0 Å². The first-order valence-corrected chi connectivity index (χ1v) is 9.62. The molecule has 0 aromatic rings. The van der Waals surface area contributed by atoms with Crippen LogP contribution in [0.15, 0.2) is 0 Å². The minimum atomic E-state index is -0.0920. The highest BCUT2D eigenvalue weighted by Gasteiger charge is 2.50. The fraction of sp³-hybridized carbons (Fsp3) is 0.889. The summed E-state index contributed by atoms with van der Waals surface area (Å²) in [5.74, 6) is 3.78. The Morgan fingerprint density at radius 1 is 0.773 bits per heavy atom. The Labute approximate surface area is 138 Å². The number of carbonyl (C=O) groups excluding carboxylic acids is 2. The molecule has 0 radical (unpaired) electrons. The van der Waals surface area contributed by atoms with E-state index in [2.05, 4.69) is 12.8 Å². The number of rotatable bonds is 0. The lowest BCUT2D eigenvalue weighted by atomic mass is 9.53. The zero-order valence-electron chi connectivity index (χ0n) is 13.2. The zero-order chi connectivity index (χ0) is 15.3. The van der Waals surface area contributed by atoms with Gasteiger partial charge in [0.1, 0.15) is 0 Å². The average Bonchev–Trinajstić information content (AvgIpc) is 2.67. The number of carbonyl (C=O) groups is 2. The molecule has 1 saturated heterocycles. The molecular weight excluding hydrogens is 294 g/mol. The van der Waals surface area contributed by atoms with Gasteiger partial charge in [0.15, 0.2) is 0 Å². The first-order valence-electron chi connectivity index (χ1n) is 9.22. The third-order valence-electron chi connectivity index (χ3n) is 7.27. The number of hydrogen-bond donors (Lipinski definition) is 1. The van der Waals surface area contributed by atoms with Gasteiger partial charge in [0, 0.05) is 12.3 Å². The van der Waals surface area contributed by atoms with Crippen LogP contribution < -0.4 is 0 Å². The Bertz CT molecular complexity index is 480. The van der Waals surface area contributed by atoms with Gasteiger partial charge in [-0.1, -0.05) is 32.1 Å². The summed E-state index contributed by atoms with van der Waals surface area (Å²) in [5.41, 5.74) is 0. The van der Waals surface area contributed by atoms with Crippen LogP contribution in [0.2, 0.25) is 0 Å². The normalized spacial score (nSPS) is 45.6. The van der Waals surface area contributed by atoms with E-state index in [4.69, 9.17) is 0 Å². The van der Waals surface area contributed by atoms with E-state index < -0.39 is 0 Å². The molecule has 22 heavy (non-hydrogen) atoms. The van der Waals surface area contributed by atoms with E-state index in [9.17, 15) is 9.59 Å². The molecule has 4 aliphatic rings. The number of fused-ring (bicyclic) bond motifs is 5. The predicted octanol–water partition coefficient (Wildman–Crippen LogP) is 3.84. The molecule has 3 nitrogen and oxygen atoms in total. The van der Waals surface area contributed by atoms with E-state index in [-0.39, 0.29) is 17.7 Å². The Morgan fingerprint density at radius 2 is 1.50 bits per heavy atom. The van der Waals surface area contributed by atoms with E-state index >= 15 is 0 Å². The Kier molecular flexibility index (Phi) is 4.00. The fourth-order valence-corrected chi connectivity index (χ4v) is 6.59. The summed E-state index contributed by atoms with van der Waals surface area (Å²) in [6, 6.07) is 0. The maximum Gasteiger partial charge on any atom is 0.242 e. The van der Waals surface area contributed by atoms with Crippen molar-refractivity contribution in [1.82, 2.24) is 4.31 Å². The van der Waals surface area contributed by atoms with Crippen molar-refractivity contribution in [3.05, 3.63) is 0 Å². The molecule has 0 aromatic carbocycles. The minimum Gasteiger partial charge on any atom is -0.273 e. The van der Waals surface area contributed by atoms with Crippen LogP contribution >= 0.6 is 12.8 Å². The molecule has 2 amide bonds. The lowest BCUT2D eigenvalue weighted by Crippen LogP contribution is -2.47. The molecule has 4 heteroatoms. The van der Waals surface area contributed by atoms with E-state index in [0.29, 0.717) is 18.3 Å². The second kappa shape index (κ2) is 5.85. The molecule has 122 valence electrons. The van der Waals surface area contributed by atoms with Crippen molar-refractivity contribution < 1.29 is 9.59 Å². The van der Waals surface area contributed by atoms with Gasteiger partial charge < -0.3 is 0 Å². The Hall–Kier alpha value is -0.510. The summed E-state index contributed by atoms with van der Waals surface area (Å²) in [5, 5.41) is 0. The average molecular weight is 321 g/mol. The topological polar surface area (TPSA) is 37.4 Å². The van der Waals surface area contributed by atoms with Crippen molar-refractivity contribution in [2.24, 2.45) is 35.5 Å². The maximum absolute atomic E-state index is 12.6. The molecule has 0 bridgehead atoms. The van der Waals surface area contributed by atoms with Crippen molar-refractivity contribution in [3.63, 3.8) is 0 Å². The van der Waals surface area contributed by atoms with Crippen molar-refractivity contribution in [2.45, 2.75) is 64.2 Å². The molecule has 6 unspecified atom stereocenters. The largest absolute Gasteiger partial charge is 0.273 e. The van der Waals surface area contributed by atoms with Crippen LogP contribution in [0.4, 0.5) is 0 Å². The van der Waals surface area contributed by atoms with E-state index in [1.54, 1.807) is 0 Å². The smallest absolute Gasteiger partial charge is 0.242 e. The molecule has 4 rings (SSSR count). The minimum absolute atomic E-state index is 0.0138. The van der Waals surface area contributed by atoms with Crippen LogP contribution in [-0.4, -0.2) is 16.1 Å². The van der Waals surface area contributed by atoms with Gasteiger partial charge in [-0.25, -0.2) is 4.31 Å². The highest BCUT2D eigenvalue weighted by atomic mass is 32.1. The zero-order valence-corrected chi connectivity index (χ0v) is 14.1. The monoisotopic (exact) mass is 321 g/mol. The van der Waals surface area contributed by atoms with Crippen LogP contribution in [0.25, 0.3) is 0 Å². The second-order valence-electron chi connectivity index (χ2n) is 8.04. The van der Waals surface area contributed by atoms with E-state index in [0.717, 1.165) is 34.9 Å². The van der Waals surface area contributed by atoms with Crippen LogP contribution in [0, 0.1) is 35.5 Å². The summed E-state index contributed by atoms with van der Waals surface area (Å²) >= 11 is 4.16. The molecule has 4 fully saturated rings. The van der Waals surface area contributed by atoms with Gasteiger partial charge in [0.2, 0.25) is 11.8 Å². The van der Waals surface area contributed by atoms with Crippen molar-refractivity contribution in [1.29, 1.82) is 0 Å². The molecule has 3 saturated carbocycles. The number of nitrogens with zero attached hydrogens (tertiary/aromatic N) is 1. The number of thiol groups is 1. The molecular formula is C18H27NO2S. The summed E-state index contributed by atoms with van der Waals surface area (Å²) in [6.07, 6.45) is 11.9. The third-order valence-corrected chi connectivity index (χ3v) is 7.69. The predicted molar refractivity (Wildman–Crippen MR) is 87.9 cm³/mol. The molecule has 0 N–H and O–H groups in total. The first kappa shape index (κ1) is 15.0. The molecule has 0 spiro atoms. The quantitative estimate of drug-likeness (QED) is 0.544. The molecule has 1 aliphatic heterocycles. The highest BCUT2D eigenvalue weighted by Crippen LogP contribution is 2.56. The van der Waals surface area contributed by atoms with Crippen molar-refractivity contribution in [2.75, 3.05) is 0 Å². The number of hydrogen-bond acceptors (Lipinski definition) is 3. The SMILES string of the molecule is O=C1CCC2C(CCC3C4CCCCC4CCC23)C(=O)N1S. The summed E-state index contributed by atoms with van der Waals surface area (Å²) in [7, 11) is 0. The van der Waals surface area contributed by atoms with E-state index in [1.165, 1.54) is 44.9 Å². The maximum atomic E-state index is 12.6.